The molecule has 2 amide bonds. The number of anilines is 1. The van der Waals surface area contributed by atoms with Crippen LogP contribution in [0.5, 0.6) is 0 Å². The molecule has 1 fully saturated rings. The summed E-state index contributed by atoms with van der Waals surface area (Å²) >= 11 is 1.49. The van der Waals surface area contributed by atoms with Crippen molar-refractivity contribution < 1.29 is 19.5 Å². The van der Waals surface area contributed by atoms with Gasteiger partial charge in [-0.25, -0.2) is 0 Å². The van der Waals surface area contributed by atoms with Crippen molar-refractivity contribution in [1.29, 1.82) is 0 Å². The van der Waals surface area contributed by atoms with Crippen LogP contribution in [0, 0.1) is 5.92 Å². The van der Waals surface area contributed by atoms with Gasteiger partial charge in [0.05, 0.1) is 12.0 Å². The Bertz CT molecular complexity index is 722. The number of carbonyl (C=O) groups excluding carboxylic acids is 2. The number of aliphatic carboxylic acids is 1. The van der Waals surface area contributed by atoms with Gasteiger partial charge < -0.3 is 15.7 Å². The molecule has 7 heteroatoms. The molecule has 1 saturated carbocycles. The predicted octanol–water partition coefficient (Wildman–Crippen LogP) is 3.74. The first-order valence-electron chi connectivity index (χ1n) is 9.95. The molecule has 0 saturated heterocycles. The molecule has 3 N–H and O–H groups in total. The number of thiophene rings is 1. The van der Waals surface area contributed by atoms with Crippen molar-refractivity contribution in [3.8, 4) is 0 Å². The topological polar surface area (TPSA) is 95.5 Å². The molecule has 2 aliphatic rings. The van der Waals surface area contributed by atoms with Gasteiger partial charge in [0.25, 0.3) is 5.91 Å². The van der Waals surface area contributed by atoms with E-state index < -0.39 is 5.97 Å². The van der Waals surface area contributed by atoms with E-state index in [1.165, 1.54) is 16.2 Å². The van der Waals surface area contributed by atoms with Crippen LogP contribution >= 0.6 is 11.3 Å². The van der Waals surface area contributed by atoms with Crippen molar-refractivity contribution in [2.75, 3.05) is 5.32 Å². The minimum Gasteiger partial charge on any atom is -0.481 e. The molecular weight excluding hydrogens is 364 g/mol. The Balaban J connectivity index is 1.81. The molecule has 1 aromatic heterocycles. The second-order valence-corrected chi connectivity index (χ2v) is 8.73. The quantitative estimate of drug-likeness (QED) is 0.659. The van der Waals surface area contributed by atoms with Crippen LogP contribution in [0.2, 0.25) is 0 Å². The number of carboxylic acids is 1. The number of hydrogen-bond acceptors (Lipinski definition) is 4. The van der Waals surface area contributed by atoms with Crippen molar-refractivity contribution in [1.82, 2.24) is 5.32 Å². The smallest absolute Gasteiger partial charge is 0.303 e. The average Bonchev–Trinajstić information content (AvgIpc) is 3.26. The van der Waals surface area contributed by atoms with Gasteiger partial charge in [-0.15, -0.1) is 11.3 Å². The Morgan fingerprint density at radius 3 is 2.56 bits per heavy atom. The Morgan fingerprint density at radius 2 is 1.89 bits per heavy atom. The van der Waals surface area contributed by atoms with Crippen molar-refractivity contribution in [3.63, 3.8) is 0 Å². The van der Waals surface area contributed by atoms with Crippen LogP contribution in [0.4, 0.5) is 5.00 Å². The van der Waals surface area contributed by atoms with Crippen LogP contribution in [-0.2, 0) is 22.4 Å². The summed E-state index contributed by atoms with van der Waals surface area (Å²) in [7, 11) is 0. The van der Waals surface area contributed by atoms with Gasteiger partial charge in [0, 0.05) is 17.3 Å². The molecule has 0 bridgehead atoms. The molecular formula is C20H28N2O4S. The minimum absolute atomic E-state index is 0.0842. The van der Waals surface area contributed by atoms with Gasteiger partial charge in [-0.05, 0) is 43.6 Å². The monoisotopic (exact) mass is 392 g/mol. The zero-order valence-corrected chi connectivity index (χ0v) is 16.6. The molecule has 0 radical (unpaired) electrons. The average molecular weight is 393 g/mol. The van der Waals surface area contributed by atoms with Crippen molar-refractivity contribution in [2.45, 2.75) is 77.2 Å². The molecule has 148 valence electrons. The number of nitrogens with one attached hydrogen (secondary N) is 2. The molecule has 3 rings (SSSR count). The van der Waals surface area contributed by atoms with Gasteiger partial charge in [0.1, 0.15) is 5.00 Å². The highest BCUT2D eigenvalue weighted by molar-refractivity contribution is 7.17. The van der Waals surface area contributed by atoms with E-state index in [9.17, 15) is 14.4 Å². The van der Waals surface area contributed by atoms with Gasteiger partial charge in [-0.3, -0.25) is 14.4 Å². The first-order chi connectivity index (χ1) is 13.0. The molecule has 6 nitrogen and oxygen atoms in total. The number of hydrogen-bond donors (Lipinski definition) is 3. The summed E-state index contributed by atoms with van der Waals surface area (Å²) in [5.41, 5.74) is 1.69. The third kappa shape index (κ3) is 4.89. The number of carbonyl (C=O) groups is 3. The first-order valence-corrected chi connectivity index (χ1v) is 10.8. The maximum Gasteiger partial charge on any atom is 0.303 e. The van der Waals surface area contributed by atoms with Crippen LogP contribution in [0.25, 0.3) is 0 Å². The van der Waals surface area contributed by atoms with E-state index in [0.29, 0.717) is 16.5 Å². The summed E-state index contributed by atoms with van der Waals surface area (Å²) in [4.78, 5) is 37.1. The van der Waals surface area contributed by atoms with Crippen LogP contribution in [0.1, 0.15) is 79.1 Å². The third-order valence-electron chi connectivity index (χ3n) is 5.68. The summed E-state index contributed by atoms with van der Waals surface area (Å²) in [5, 5.41) is 15.3. The molecule has 0 aromatic carbocycles. The molecule has 2 aliphatic carbocycles. The highest BCUT2D eigenvalue weighted by Crippen LogP contribution is 2.40. The molecule has 0 spiro atoms. The Morgan fingerprint density at radius 1 is 1.15 bits per heavy atom. The molecule has 1 heterocycles. The fourth-order valence-electron chi connectivity index (χ4n) is 4.07. The van der Waals surface area contributed by atoms with Crippen molar-refractivity contribution >= 4 is 34.1 Å². The highest BCUT2D eigenvalue weighted by atomic mass is 32.1. The highest BCUT2D eigenvalue weighted by Gasteiger charge is 2.30. The first kappa shape index (κ1) is 19.9. The summed E-state index contributed by atoms with van der Waals surface area (Å²) < 4.78 is 0. The lowest BCUT2D eigenvalue weighted by Crippen LogP contribution is -2.33. The fraction of sp³-hybridized carbons (Fsp3) is 0.650. The number of amides is 2. The number of rotatable bonds is 7. The molecule has 1 atom stereocenters. The van der Waals surface area contributed by atoms with Gasteiger partial charge in [0.2, 0.25) is 5.91 Å². The second kappa shape index (κ2) is 8.87. The Labute approximate surface area is 163 Å². The maximum atomic E-state index is 13.0. The lowest BCUT2D eigenvalue weighted by molar-refractivity contribution is -0.138. The van der Waals surface area contributed by atoms with Crippen LogP contribution in [-0.4, -0.2) is 28.9 Å². The van der Waals surface area contributed by atoms with E-state index >= 15 is 0 Å². The molecule has 1 unspecified atom stereocenters. The van der Waals surface area contributed by atoms with E-state index in [2.05, 4.69) is 17.6 Å². The van der Waals surface area contributed by atoms with E-state index in [0.717, 1.165) is 56.9 Å². The van der Waals surface area contributed by atoms with E-state index in [-0.39, 0.29) is 30.7 Å². The molecule has 1 aromatic rings. The predicted molar refractivity (Wildman–Crippen MR) is 105 cm³/mol. The van der Waals surface area contributed by atoms with Gasteiger partial charge >= 0.3 is 5.97 Å². The fourth-order valence-corrected chi connectivity index (χ4v) is 5.44. The second-order valence-electron chi connectivity index (χ2n) is 7.62. The number of fused-ring (bicyclic) bond motifs is 1. The lowest BCUT2D eigenvalue weighted by atomic mass is 9.85. The maximum absolute atomic E-state index is 13.0. The van der Waals surface area contributed by atoms with E-state index in [1.807, 2.05) is 0 Å². The van der Waals surface area contributed by atoms with Crippen molar-refractivity contribution in [2.24, 2.45) is 5.92 Å². The molecule has 0 aliphatic heterocycles. The standard InChI is InChI=1S/C20H28N2O4S/c1-2-12-7-8-14-15(11-12)27-20(22-16(23)9-10-17(24)25)18(14)19(26)21-13-5-3-4-6-13/h12-13H,2-11H2,1H3,(H,21,26)(H,22,23)(H,24,25). The zero-order valence-electron chi connectivity index (χ0n) is 15.8. The van der Waals surface area contributed by atoms with Gasteiger partial charge in [0.15, 0.2) is 0 Å². The minimum atomic E-state index is -0.999. The van der Waals surface area contributed by atoms with Crippen LogP contribution in [0.15, 0.2) is 0 Å². The zero-order chi connectivity index (χ0) is 19.4. The van der Waals surface area contributed by atoms with Gasteiger partial charge in [-0.2, -0.15) is 0 Å². The third-order valence-corrected chi connectivity index (χ3v) is 6.85. The normalized spacial score (nSPS) is 19.5. The van der Waals surface area contributed by atoms with Gasteiger partial charge in [-0.1, -0.05) is 26.2 Å². The summed E-state index contributed by atoms with van der Waals surface area (Å²) in [6.45, 7) is 2.19. The van der Waals surface area contributed by atoms with Crippen molar-refractivity contribution in [3.05, 3.63) is 16.0 Å². The summed E-state index contributed by atoms with van der Waals surface area (Å²) in [6, 6.07) is 0.218. The van der Waals surface area contributed by atoms with E-state index in [1.54, 1.807) is 0 Å². The Hall–Kier alpha value is -1.89. The summed E-state index contributed by atoms with van der Waals surface area (Å²) in [5.74, 6) is -0.820. The lowest BCUT2D eigenvalue weighted by Gasteiger charge is -2.21. The number of carboxylic acid groups (broad SMARTS) is 1. The van der Waals surface area contributed by atoms with Crippen LogP contribution < -0.4 is 10.6 Å². The Kier molecular flexibility index (Phi) is 6.52. The summed E-state index contributed by atoms with van der Waals surface area (Å²) in [6.07, 6.45) is 8.00. The SMILES string of the molecule is CCC1CCc2c(sc(NC(=O)CCC(=O)O)c2C(=O)NC2CCCC2)C1. The molecule has 27 heavy (non-hydrogen) atoms. The van der Waals surface area contributed by atoms with E-state index in [4.69, 9.17) is 5.11 Å². The van der Waals surface area contributed by atoms with Crippen LogP contribution in [0.3, 0.4) is 0 Å². The largest absolute Gasteiger partial charge is 0.481 e.